The van der Waals surface area contributed by atoms with Gasteiger partial charge < -0.3 is 9.47 Å². The molecular formula is C15H11F2NO2. The summed E-state index contributed by atoms with van der Waals surface area (Å²) in [6.07, 6.45) is 0. The van der Waals surface area contributed by atoms with Crippen LogP contribution in [0.5, 0.6) is 11.5 Å². The average molecular weight is 275 g/mol. The van der Waals surface area contributed by atoms with Gasteiger partial charge in [-0.15, -0.1) is 0 Å². The van der Waals surface area contributed by atoms with E-state index in [1.54, 1.807) is 24.3 Å². The standard InChI is InChI=1S/C15H11F2NO2/c16-12-4-5-14(17)15(9-12)20-7-6-19-13-3-1-2-11(8-13)10-18/h1-5,8-9H,6-7H2. The Morgan fingerprint density at radius 3 is 2.60 bits per heavy atom. The monoisotopic (exact) mass is 275 g/mol. The highest BCUT2D eigenvalue weighted by Crippen LogP contribution is 2.18. The lowest BCUT2D eigenvalue weighted by Gasteiger charge is -2.09. The molecule has 0 atom stereocenters. The molecule has 0 heterocycles. The highest BCUT2D eigenvalue weighted by molar-refractivity contribution is 5.36. The zero-order valence-corrected chi connectivity index (χ0v) is 10.5. The van der Waals surface area contributed by atoms with E-state index in [0.29, 0.717) is 11.3 Å². The maximum absolute atomic E-state index is 13.3. The van der Waals surface area contributed by atoms with E-state index in [9.17, 15) is 8.78 Å². The van der Waals surface area contributed by atoms with Gasteiger partial charge in [-0.25, -0.2) is 8.78 Å². The Kier molecular flexibility index (Phi) is 4.51. The van der Waals surface area contributed by atoms with Crippen LogP contribution in [0.1, 0.15) is 5.56 Å². The molecule has 0 fully saturated rings. The van der Waals surface area contributed by atoms with Crippen LogP contribution in [0.15, 0.2) is 42.5 Å². The van der Waals surface area contributed by atoms with E-state index in [0.717, 1.165) is 18.2 Å². The maximum Gasteiger partial charge on any atom is 0.165 e. The number of hydrogen-bond acceptors (Lipinski definition) is 3. The molecule has 2 rings (SSSR count). The first-order valence-electron chi connectivity index (χ1n) is 5.90. The number of hydrogen-bond donors (Lipinski definition) is 0. The fourth-order valence-electron chi connectivity index (χ4n) is 1.55. The van der Waals surface area contributed by atoms with E-state index >= 15 is 0 Å². The third-order valence-corrected chi connectivity index (χ3v) is 2.47. The third-order valence-electron chi connectivity index (χ3n) is 2.47. The first-order chi connectivity index (χ1) is 9.69. The van der Waals surface area contributed by atoms with E-state index in [4.69, 9.17) is 14.7 Å². The van der Waals surface area contributed by atoms with E-state index in [-0.39, 0.29) is 19.0 Å². The first kappa shape index (κ1) is 13.8. The topological polar surface area (TPSA) is 42.2 Å². The van der Waals surface area contributed by atoms with Gasteiger partial charge in [0.1, 0.15) is 24.8 Å². The Balaban J connectivity index is 1.84. The molecule has 0 N–H and O–H groups in total. The van der Waals surface area contributed by atoms with Crippen molar-refractivity contribution in [1.82, 2.24) is 0 Å². The fraction of sp³-hybridized carbons (Fsp3) is 0.133. The summed E-state index contributed by atoms with van der Waals surface area (Å²) in [4.78, 5) is 0. The molecule has 0 saturated carbocycles. The Hall–Kier alpha value is -2.61. The summed E-state index contributed by atoms with van der Waals surface area (Å²) in [5.74, 6) is -0.825. The van der Waals surface area contributed by atoms with Crippen LogP contribution in [-0.4, -0.2) is 13.2 Å². The molecule has 0 amide bonds. The summed E-state index contributed by atoms with van der Waals surface area (Å²) in [6, 6.07) is 11.6. The second-order valence-corrected chi connectivity index (χ2v) is 3.91. The van der Waals surface area contributed by atoms with Gasteiger partial charge in [-0.05, 0) is 30.3 Å². The summed E-state index contributed by atoms with van der Waals surface area (Å²) in [6.45, 7) is 0.224. The van der Waals surface area contributed by atoms with Gasteiger partial charge in [0.25, 0.3) is 0 Å². The molecule has 0 aliphatic rings. The molecule has 0 aliphatic heterocycles. The van der Waals surface area contributed by atoms with Crippen LogP contribution in [0.4, 0.5) is 8.78 Å². The number of nitrogens with zero attached hydrogens (tertiary/aromatic N) is 1. The molecule has 0 bridgehead atoms. The minimum absolute atomic E-state index is 0.0666. The molecule has 5 heteroatoms. The lowest BCUT2D eigenvalue weighted by molar-refractivity contribution is 0.211. The molecule has 3 nitrogen and oxygen atoms in total. The van der Waals surface area contributed by atoms with Crippen LogP contribution in [0, 0.1) is 23.0 Å². The SMILES string of the molecule is N#Cc1cccc(OCCOc2cc(F)ccc2F)c1. The van der Waals surface area contributed by atoms with Crippen molar-refractivity contribution in [3.63, 3.8) is 0 Å². The predicted octanol–water partition coefficient (Wildman–Crippen LogP) is 3.29. The maximum atomic E-state index is 13.3. The molecule has 0 radical (unpaired) electrons. The third kappa shape index (κ3) is 3.69. The Bertz CT molecular complexity index is 638. The predicted molar refractivity (Wildman–Crippen MR) is 68.5 cm³/mol. The van der Waals surface area contributed by atoms with Crippen LogP contribution in [0.3, 0.4) is 0 Å². The van der Waals surface area contributed by atoms with Crippen molar-refractivity contribution in [3.8, 4) is 17.6 Å². The van der Waals surface area contributed by atoms with E-state index < -0.39 is 11.6 Å². The summed E-state index contributed by atoms with van der Waals surface area (Å²) in [5.41, 5.74) is 0.486. The van der Waals surface area contributed by atoms with Crippen molar-refractivity contribution in [2.45, 2.75) is 0 Å². The molecule has 102 valence electrons. The van der Waals surface area contributed by atoms with Gasteiger partial charge in [0, 0.05) is 6.07 Å². The van der Waals surface area contributed by atoms with E-state index in [2.05, 4.69) is 0 Å². The second-order valence-electron chi connectivity index (χ2n) is 3.91. The van der Waals surface area contributed by atoms with Crippen molar-refractivity contribution in [3.05, 3.63) is 59.7 Å². The van der Waals surface area contributed by atoms with Crippen molar-refractivity contribution in [1.29, 1.82) is 5.26 Å². The fourth-order valence-corrected chi connectivity index (χ4v) is 1.55. The van der Waals surface area contributed by atoms with Crippen LogP contribution in [0.2, 0.25) is 0 Å². The Labute approximate surface area is 115 Å². The zero-order valence-electron chi connectivity index (χ0n) is 10.5. The Morgan fingerprint density at radius 2 is 1.80 bits per heavy atom. The first-order valence-corrected chi connectivity index (χ1v) is 5.90. The van der Waals surface area contributed by atoms with Gasteiger partial charge in [-0.2, -0.15) is 5.26 Å². The minimum Gasteiger partial charge on any atom is -0.490 e. The molecule has 0 aliphatic carbocycles. The van der Waals surface area contributed by atoms with Gasteiger partial charge in [0.05, 0.1) is 11.6 Å². The van der Waals surface area contributed by atoms with Crippen molar-refractivity contribution >= 4 is 0 Å². The normalized spacial score (nSPS) is 9.85. The lowest BCUT2D eigenvalue weighted by Crippen LogP contribution is -2.10. The molecule has 2 aromatic rings. The highest BCUT2D eigenvalue weighted by atomic mass is 19.1. The van der Waals surface area contributed by atoms with Gasteiger partial charge in [-0.1, -0.05) is 6.07 Å². The average Bonchev–Trinajstić information content (AvgIpc) is 2.47. The van der Waals surface area contributed by atoms with Crippen LogP contribution >= 0.6 is 0 Å². The molecule has 0 aromatic heterocycles. The van der Waals surface area contributed by atoms with Gasteiger partial charge in [0.15, 0.2) is 11.6 Å². The summed E-state index contributed by atoms with van der Waals surface area (Å²) in [7, 11) is 0. The Morgan fingerprint density at radius 1 is 1.00 bits per heavy atom. The molecule has 0 unspecified atom stereocenters. The largest absolute Gasteiger partial charge is 0.490 e. The van der Waals surface area contributed by atoms with Crippen LogP contribution < -0.4 is 9.47 Å². The number of halogens is 2. The summed E-state index contributed by atoms with van der Waals surface area (Å²) >= 11 is 0. The minimum atomic E-state index is -0.627. The summed E-state index contributed by atoms with van der Waals surface area (Å²) in [5, 5.41) is 8.73. The number of nitriles is 1. The molecule has 0 spiro atoms. The number of rotatable bonds is 5. The molecule has 2 aromatic carbocycles. The smallest absolute Gasteiger partial charge is 0.165 e. The molecule has 20 heavy (non-hydrogen) atoms. The number of ether oxygens (including phenoxy) is 2. The van der Waals surface area contributed by atoms with Gasteiger partial charge >= 0.3 is 0 Å². The summed E-state index contributed by atoms with van der Waals surface area (Å²) < 4.78 is 36.6. The van der Waals surface area contributed by atoms with Crippen molar-refractivity contribution in [2.24, 2.45) is 0 Å². The van der Waals surface area contributed by atoms with Crippen molar-refractivity contribution < 1.29 is 18.3 Å². The lowest BCUT2D eigenvalue weighted by atomic mass is 10.2. The van der Waals surface area contributed by atoms with Gasteiger partial charge in [0.2, 0.25) is 0 Å². The highest BCUT2D eigenvalue weighted by Gasteiger charge is 2.04. The van der Waals surface area contributed by atoms with E-state index in [1.165, 1.54) is 0 Å². The van der Waals surface area contributed by atoms with Crippen LogP contribution in [0.25, 0.3) is 0 Å². The second kappa shape index (κ2) is 6.53. The van der Waals surface area contributed by atoms with Crippen LogP contribution in [-0.2, 0) is 0 Å². The van der Waals surface area contributed by atoms with Gasteiger partial charge in [-0.3, -0.25) is 0 Å². The zero-order chi connectivity index (χ0) is 14.4. The van der Waals surface area contributed by atoms with Crippen molar-refractivity contribution in [2.75, 3.05) is 13.2 Å². The number of benzene rings is 2. The molecule has 0 saturated heterocycles. The van der Waals surface area contributed by atoms with E-state index in [1.807, 2.05) is 6.07 Å². The molecular weight excluding hydrogens is 264 g/mol. The quantitative estimate of drug-likeness (QED) is 0.786.